The van der Waals surface area contributed by atoms with Crippen molar-refractivity contribution in [3.63, 3.8) is 0 Å². The van der Waals surface area contributed by atoms with E-state index in [1.807, 2.05) is 0 Å². The molecular weight excluding hydrogens is 252 g/mol. The van der Waals surface area contributed by atoms with E-state index < -0.39 is 9.84 Å². The first kappa shape index (κ1) is 15.4. The Morgan fingerprint density at radius 3 is 2.56 bits per heavy atom. The summed E-state index contributed by atoms with van der Waals surface area (Å²) in [5.74, 6) is 0.352. The predicted molar refractivity (Wildman–Crippen MR) is 71.8 cm³/mol. The van der Waals surface area contributed by atoms with Crippen LogP contribution in [0.1, 0.15) is 26.2 Å². The molecule has 6 heteroatoms. The van der Waals surface area contributed by atoms with Crippen LogP contribution in [0.2, 0.25) is 0 Å². The molecule has 3 unspecified atom stereocenters. The lowest BCUT2D eigenvalue weighted by Gasteiger charge is -2.34. The van der Waals surface area contributed by atoms with Gasteiger partial charge in [0.15, 0.2) is 0 Å². The zero-order valence-electron chi connectivity index (χ0n) is 11.4. The fourth-order valence-corrected chi connectivity index (χ4v) is 2.99. The Morgan fingerprint density at radius 1 is 1.39 bits per heavy atom. The molecule has 1 saturated carbocycles. The summed E-state index contributed by atoms with van der Waals surface area (Å²) in [6, 6.07) is -0.0885. The van der Waals surface area contributed by atoms with Gasteiger partial charge in [-0.1, -0.05) is 6.92 Å². The number of rotatable bonds is 4. The van der Waals surface area contributed by atoms with Gasteiger partial charge in [-0.05, 0) is 25.2 Å². The molecule has 0 spiro atoms. The lowest BCUT2D eigenvalue weighted by Crippen LogP contribution is -2.46. The third-order valence-electron chi connectivity index (χ3n) is 3.66. The minimum atomic E-state index is -3.03. The SMILES string of the molecule is CC1CCC(N)C(C(=O)N(C)CCS(C)(=O)=O)C1. The first-order chi connectivity index (χ1) is 8.20. The van der Waals surface area contributed by atoms with Gasteiger partial charge in [0.25, 0.3) is 0 Å². The molecule has 1 aliphatic rings. The van der Waals surface area contributed by atoms with Crippen molar-refractivity contribution in [2.45, 2.75) is 32.2 Å². The van der Waals surface area contributed by atoms with Crippen LogP contribution >= 0.6 is 0 Å². The average molecular weight is 276 g/mol. The average Bonchev–Trinajstić information content (AvgIpc) is 2.27. The summed E-state index contributed by atoms with van der Waals surface area (Å²) in [6.07, 6.45) is 3.93. The molecule has 1 rings (SSSR count). The lowest BCUT2D eigenvalue weighted by atomic mass is 9.78. The van der Waals surface area contributed by atoms with Gasteiger partial charge in [0.2, 0.25) is 5.91 Å². The van der Waals surface area contributed by atoms with Crippen molar-refractivity contribution >= 4 is 15.7 Å². The molecule has 3 atom stereocenters. The number of nitrogens with zero attached hydrogens (tertiary/aromatic N) is 1. The van der Waals surface area contributed by atoms with E-state index in [0.29, 0.717) is 5.92 Å². The second kappa shape index (κ2) is 6.02. The summed E-state index contributed by atoms with van der Waals surface area (Å²) < 4.78 is 22.2. The molecule has 2 N–H and O–H groups in total. The Hall–Kier alpha value is -0.620. The van der Waals surface area contributed by atoms with E-state index in [2.05, 4.69) is 6.92 Å². The largest absolute Gasteiger partial charge is 0.344 e. The van der Waals surface area contributed by atoms with Gasteiger partial charge in [-0.15, -0.1) is 0 Å². The second-order valence-electron chi connectivity index (χ2n) is 5.58. The molecule has 106 valence electrons. The van der Waals surface area contributed by atoms with Crippen LogP contribution in [0.15, 0.2) is 0 Å². The number of carbonyl (C=O) groups excluding carboxylic acids is 1. The van der Waals surface area contributed by atoms with E-state index in [9.17, 15) is 13.2 Å². The Kier molecular flexibility index (Phi) is 5.16. The van der Waals surface area contributed by atoms with Gasteiger partial charge in [-0.25, -0.2) is 8.42 Å². The lowest BCUT2D eigenvalue weighted by molar-refractivity contribution is -0.136. The maximum atomic E-state index is 12.2. The van der Waals surface area contributed by atoms with Gasteiger partial charge in [-0.3, -0.25) is 4.79 Å². The molecule has 5 nitrogen and oxygen atoms in total. The third kappa shape index (κ3) is 4.57. The van der Waals surface area contributed by atoms with Crippen LogP contribution in [0.4, 0.5) is 0 Å². The number of carbonyl (C=O) groups is 1. The van der Waals surface area contributed by atoms with Crippen LogP contribution < -0.4 is 5.73 Å². The van der Waals surface area contributed by atoms with Gasteiger partial charge in [0, 0.05) is 25.9 Å². The van der Waals surface area contributed by atoms with Crippen molar-refractivity contribution in [3.05, 3.63) is 0 Å². The Morgan fingerprint density at radius 2 is 2.00 bits per heavy atom. The molecular formula is C12H24N2O3S. The summed E-state index contributed by atoms with van der Waals surface area (Å²) in [5, 5.41) is 0. The molecule has 0 radical (unpaired) electrons. The van der Waals surface area contributed by atoms with E-state index in [1.165, 1.54) is 11.2 Å². The number of sulfone groups is 1. The van der Waals surface area contributed by atoms with Crippen molar-refractivity contribution in [1.29, 1.82) is 0 Å². The van der Waals surface area contributed by atoms with Crippen LogP contribution in [0.5, 0.6) is 0 Å². The minimum absolute atomic E-state index is 0.00670. The molecule has 1 fully saturated rings. The predicted octanol–water partition coefficient (Wildman–Crippen LogP) is 0.253. The number of hydrogen-bond acceptors (Lipinski definition) is 4. The summed E-state index contributed by atoms with van der Waals surface area (Å²) >= 11 is 0. The highest BCUT2D eigenvalue weighted by molar-refractivity contribution is 7.90. The Balaban J connectivity index is 2.57. The van der Waals surface area contributed by atoms with E-state index >= 15 is 0 Å². The molecule has 1 aliphatic carbocycles. The fraction of sp³-hybridized carbons (Fsp3) is 0.917. The Labute approximate surface area is 110 Å². The van der Waals surface area contributed by atoms with Crippen molar-refractivity contribution in [3.8, 4) is 0 Å². The maximum Gasteiger partial charge on any atom is 0.227 e. The molecule has 18 heavy (non-hydrogen) atoms. The van der Waals surface area contributed by atoms with Crippen LogP contribution in [0.25, 0.3) is 0 Å². The highest BCUT2D eigenvalue weighted by Crippen LogP contribution is 2.29. The summed E-state index contributed by atoms with van der Waals surface area (Å²) in [5.41, 5.74) is 6.00. The summed E-state index contributed by atoms with van der Waals surface area (Å²) in [6.45, 7) is 2.37. The molecule has 0 bridgehead atoms. The smallest absolute Gasteiger partial charge is 0.227 e. The van der Waals surface area contributed by atoms with Crippen molar-refractivity contribution in [2.24, 2.45) is 17.6 Å². The van der Waals surface area contributed by atoms with Crippen molar-refractivity contribution in [2.75, 3.05) is 25.6 Å². The number of nitrogens with two attached hydrogens (primary N) is 1. The monoisotopic (exact) mass is 276 g/mol. The van der Waals surface area contributed by atoms with E-state index in [-0.39, 0.29) is 30.2 Å². The second-order valence-corrected chi connectivity index (χ2v) is 7.84. The zero-order chi connectivity index (χ0) is 13.9. The van der Waals surface area contributed by atoms with E-state index in [4.69, 9.17) is 5.73 Å². The quantitative estimate of drug-likeness (QED) is 0.798. The van der Waals surface area contributed by atoms with Crippen molar-refractivity contribution in [1.82, 2.24) is 4.90 Å². The highest BCUT2D eigenvalue weighted by Gasteiger charge is 2.33. The van der Waals surface area contributed by atoms with Gasteiger partial charge >= 0.3 is 0 Å². The van der Waals surface area contributed by atoms with Gasteiger partial charge in [0.1, 0.15) is 9.84 Å². The molecule has 0 heterocycles. The van der Waals surface area contributed by atoms with Crippen molar-refractivity contribution < 1.29 is 13.2 Å². The molecule has 0 aromatic heterocycles. The van der Waals surface area contributed by atoms with Crippen LogP contribution in [-0.4, -0.2) is 50.9 Å². The standard InChI is InChI=1S/C12H24N2O3S/c1-9-4-5-11(13)10(8-9)12(15)14(2)6-7-18(3,16)17/h9-11H,4-8,13H2,1-3H3. The summed E-state index contributed by atoms with van der Waals surface area (Å²) in [7, 11) is -1.38. The van der Waals surface area contributed by atoms with Crippen LogP contribution in [0.3, 0.4) is 0 Å². The zero-order valence-corrected chi connectivity index (χ0v) is 12.2. The highest BCUT2D eigenvalue weighted by atomic mass is 32.2. The maximum absolute atomic E-state index is 12.2. The number of hydrogen-bond donors (Lipinski definition) is 1. The summed E-state index contributed by atoms with van der Waals surface area (Å²) in [4.78, 5) is 13.7. The van der Waals surface area contributed by atoms with Crippen LogP contribution in [-0.2, 0) is 14.6 Å². The third-order valence-corrected chi connectivity index (χ3v) is 4.58. The van der Waals surface area contributed by atoms with Crippen LogP contribution in [0, 0.1) is 11.8 Å². The van der Waals surface area contributed by atoms with Gasteiger partial charge < -0.3 is 10.6 Å². The normalized spacial score (nSPS) is 29.0. The van der Waals surface area contributed by atoms with E-state index in [1.54, 1.807) is 7.05 Å². The minimum Gasteiger partial charge on any atom is -0.344 e. The first-order valence-corrected chi connectivity index (χ1v) is 8.45. The fourth-order valence-electron chi connectivity index (χ4n) is 2.38. The number of amides is 1. The van der Waals surface area contributed by atoms with Gasteiger partial charge in [0.05, 0.1) is 11.7 Å². The Bertz CT molecular complexity index is 394. The molecule has 0 aliphatic heterocycles. The van der Waals surface area contributed by atoms with Gasteiger partial charge in [-0.2, -0.15) is 0 Å². The molecule has 0 aromatic rings. The molecule has 0 aromatic carbocycles. The molecule has 0 saturated heterocycles. The molecule has 1 amide bonds. The van der Waals surface area contributed by atoms with E-state index in [0.717, 1.165) is 19.3 Å². The first-order valence-electron chi connectivity index (χ1n) is 6.39. The topological polar surface area (TPSA) is 80.5 Å².